The Morgan fingerprint density at radius 2 is 1.10 bits per heavy atom. The zero-order valence-electron chi connectivity index (χ0n) is 30.4. The fourth-order valence-corrected chi connectivity index (χ4v) is 40.9. The average Bonchev–Trinajstić information content (AvgIpc) is 3.64. The van der Waals surface area contributed by atoms with Crippen LogP contribution in [-0.2, 0) is 15.6 Å². The molecule has 48 heavy (non-hydrogen) atoms. The fraction of sp³-hybridized carbons (Fsp3) is 0.364. The molecule has 4 aromatic rings. The van der Waals surface area contributed by atoms with Crippen molar-refractivity contribution in [3.05, 3.63) is 129 Å². The van der Waals surface area contributed by atoms with Crippen molar-refractivity contribution in [1.82, 2.24) is 0 Å². The first kappa shape index (κ1) is 35.9. The second-order valence-corrected chi connectivity index (χ2v) is 58.1. The molecule has 6 rings (SSSR count). The van der Waals surface area contributed by atoms with Gasteiger partial charge in [-0.1, -0.05) is 0 Å². The van der Waals surface area contributed by atoms with Crippen LogP contribution in [0.4, 0.5) is 0 Å². The molecule has 0 radical (unpaired) electrons. The first-order valence-electron chi connectivity index (χ1n) is 18.2. The van der Waals surface area contributed by atoms with Crippen molar-refractivity contribution in [2.24, 2.45) is 5.92 Å². The zero-order chi connectivity index (χ0) is 34.6. The number of rotatable bonds is 10. The Hall–Kier alpha value is -1.96. The van der Waals surface area contributed by atoms with E-state index >= 15 is 0 Å². The van der Waals surface area contributed by atoms with Crippen LogP contribution in [0.25, 0.3) is 34.4 Å². The predicted octanol–water partition coefficient (Wildman–Crippen LogP) is 14.3. The average molecular weight is 772 g/mol. The standard InChI is InChI=1S/C23H27.C19H19.C2H7Si.2ClH.Zr/c1-5-7-17(4)21-14-20-8-6-9-22(23(20)15-21)19-12-10-18(11-13-19)16(2)3;1-13(2)15-7-9-16(10-8-15)18-6-4-5-17-11-14(3)12-19(17)18;1-3-2;;;/h6,8-17H,5,7H2,1-4H3;4-13H,1-3H3;3H,1-2H3;2*1H;/q;;;;;+2/p-2. The molecule has 4 aromatic carbocycles. The van der Waals surface area contributed by atoms with Gasteiger partial charge in [-0.2, -0.15) is 0 Å². The van der Waals surface area contributed by atoms with Gasteiger partial charge in [0, 0.05) is 0 Å². The summed E-state index contributed by atoms with van der Waals surface area (Å²) in [6.45, 7) is 21.0. The van der Waals surface area contributed by atoms with Gasteiger partial charge in [0.25, 0.3) is 0 Å². The van der Waals surface area contributed by atoms with Crippen molar-refractivity contribution in [3.8, 4) is 22.3 Å². The molecule has 0 N–H and O–H groups in total. The van der Waals surface area contributed by atoms with Crippen molar-refractivity contribution in [2.75, 3.05) is 0 Å². The molecule has 2 aliphatic rings. The van der Waals surface area contributed by atoms with Crippen LogP contribution in [0.15, 0.2) is 96.1 Å². The van der Waals surface area contributed by atoms with Gasteiger partial charge in [-0.05, 0) is 0 Å². The van der Waals surface area contributed by atoms with E-state index in [4.69, 9.17) is 17.0 Å². The number of hydrogen-bond acceptors (Lipinski definition) is 0. The molecule has 0 aliphatic heterocycles. The van der Waals surface area contributed by atoms with Crippen LogP contribution in [0, 0.1) is 5.92 Å². The SMILES string of the molecule is CCCC(C)C1=Cc2c(-c3ccc(C(C)C)cc3)cccc2[CH]1[Zr]([Cl])([Cl])([CH]1C(C)=Cc2c(-c3ccc(C(C)C)cc3)cccc21)[SiH](C)C. The molecule has 0 saturated carbocycles. The topological polar surface area (TPSA) is 0 Å². The van der Waals surface area contributed by atoms with Crippen molar-refractivity contribution in [1.29, 1.82) is 0 Å². The zero-order valence-corrected chi connectivity index (χ0v) is 35.5. The Morgan fingerprint density at radius 3 is 1.54 bits per heavy atom. The van der Waals surface area contributed by atoms with E-state index in [1.165, 1.54) is 66.8 Å². The summed E-state index contributed by atoms with van der Waals surface area (Å²) in [4.78, 5) is 0. The van der Waals surface area contributed by atoms with Crippen molar-refractivity contribution >= 4 is 35.1 Å². The summed E-state index contributed by atoms with van der Waals surface area (Å²) in [7, 11) is 17.4. The summed E-state index contributed by atoms with van der Waals surface area (Å²) in [5.41, 5.74) is 16.1. The van der Waals surface area contributed by atoms with Crippen LogP contribution in [-0.4, -0.2) is 5.92 Å². The molecule has 3 atom stereocenters. The van der Waals surface area contributed by atoms with E-state index < -0.39 is 21.5 Å². The molecule has 0 bridgehead atoms. The van der Waals surface area contributed by atoms with E-state index in [0.29, 0.717) is 17.8 Å². The Morgan fingerprint density at radius 1 is 0.646 bits per heavy atom. The number of hydrogen-bond donors (Lipinski definition) is 0. The minimum atomic E-state index is -4.84. The number of allylic oxidation sites excluding steroid dienone is 2. The number of benzene rings is 4. The summed E-state index contributed by atoms with van der Waals surface area (Å²) in [6, 6.07) is 32.2. The van der Waals surface area contributed by atoms with Gasteiger partial charge in [-0.3, -0.25) is 0 Å². The molecular formula is C44H53Cl2SiZr. The summed E-state index contributed by atoms with van der Waals surface area (Å²) < 4.78 is 0.189. The molecule has 0 nitrogen and oxygen atoms in total. The molecule has 0 aromatic heterocycles. The van der Waals surface area contributed by atoms with Gasteiger partial charge < -0.3 is 0 Å². The number of fused-ring (bicyclic) bond motifs is 2. The summed E-state index contributed by atoms with van der Waals surface area (Å²) >= 11 is -4.84. The van der Waals surface area contributed by atoms with Gasteiger partial charge in [-0.25, -0.2) is 0 Å². The molecule has 0 fully saturated rings. The number of halogens is 2. The maximum atomic E-state index is 8.69. The molecular weight excluding hydrogens is 719 g/mol. The van der Waals surface area contributed by atoms with E-state index in [1.807, 2.05) is 0 Å². The van der Waals surface area contributed by atoms with E-state index in [9.17, 15) is 0 Å². The minimum absolute atomic E-state index is 0.0912. The van der Waals surface area contributed by atoms with Gasteiger partial charge in [0.1, 0.15) is 0 Å². The first-order valence-corrected chi connectivity index (χ1v) is 34.5. The summed E-state index contributed by atoms with van der Waals surface area (Å²) in [5.74, 6) is -0.200. The van der Waals surface area contributed by atoms with Gasteiger partial charge in [-0.15, -0.1) is 0 Å². The molecule has 3 unspecified atom stereocenters. The molecule has 0 heterocycles. The Bertz CT molecular complexity index is 1880. The van der Waals surface area contributed by atoms with Crippen LogP contribution in [0.3, 0.4) is 0 Å². The third-order valence-corrected chi connectivity index (χ3v) is 63.6. The van der Waals surface area contributed by atoms with E-state index in [1.54, 1.807) is 0 Å². The van der Waals surface area contributed by atoms with Gasteiger partial charge in [0.15, 0.2) is 0 Å². The molecule has 0 saturated heterocycles. The predicted molar refractivity (Wildman–Crippen MR) is 214 cm³/mol. The van der Waals surface area contributed by atoms with Crippen molar-refractivity contribution < 1.29 is 15.6 Å². The van der Waals surface area contributed by atoms with Crippen LogP contribution in [0.1, 0.15) is 114 Å². The molecule has 2 aliphatic carbocycles. The van der Waals surface area contributed by atoms with Gasteiger partial charge in [0.05, 0.1) is 0 Å². The quantitative estimate of drug-likeness (QED) is 0.141. The van der Waals surface area contributed by atoms with Crippen LogP contribution < -0.4 is 0 Å². The maximum absolute atomic E-state index is 8.69. The summed E-state index contributed by atoms with van der Waals surface area (Å²) in [6.07, 6.45) is 7.24. The van der Waals surface area contributed by atoms with Gasteiger partial charge in [0.2, 0.25) is 0 Å². The summed E-state index contributed by atoms with van der Waals surface area (Å²) in [5, 5.41) is 0. The third-order valence-electron chi connectivity index (χ3n) is 11.6. The van der Waals surface area contributed by atoms with Gasteiger partial charge >= 0.3 is 302 Å². The Kier molecular flexibility index (Phi) is 10.2. The molecule has 4 heteroatoms. The van der Waals surface area contributed by atoms with Crippen molar-refractivity contribution in [3.63, 3.8) is 0 Å². The van der Waals surface area contributed by atoms with Crippen molar-refractivity contribution in [2.45, 2.75) is 93.5 Å². The second kappa shape index (κ2) is 13.6. The van der Waals surface area contributed by atoms with E-state index in [0.717, 1.165) is 12.8 Å². The van der Waals surface area contributed by atoms with Crippen LogP contribution in [0.2, 0.25) is 13.1 Å². The third kappa shape index (κ3) is 5.96. The fourth-order valence-electron chi connectivity index (χ4n) is 8.78. The Balaban J connectivity index is 1.54. The Labute approximate surface area is 299 Å². The molecule has 0 amide bonds. The monoisotopic (exact) mass is 769 g/mol. The second-order valence-electron chi connectivity index (χ2n) is 15.6. The first-order chi connectivity index (χ1) is 22.8. The van der Waals surface area contributed by atoms with E-state index in [2.05, 4.69) is 159 Å². The normalized spacial score (nSPS) is 18.8. The van der Waals surface area contributed by atoms with E-state index in [-0.39, 0.29) is 7.25 Å². The van der Waals surface area contributed by atoms with Crippen LogP contribution in [0.5, 0.6) is 0 Å². The van der Waals surface area contributed by atoms with Crippen LogP contribution >= 0.6 is 17.0 Å². The molecule has 251 valence electrons. The molecule has 0 spiro atoms.